The lowest BCUT2D eigenvalue weighted by molar-refractivity contribution is -0.142. The molecule has 0 saturated carbocycles. The molecule has 1 aromatic heterocycles. The predicted molar refractivity (Wildman–Crippen MR) is 142 cm³/mol. The van der Waals surface area contributed by atoms with E-state index in [4.69, 9.17) is 9.47 Å². The van der Waals surface area contributed by atoms with Crippen LogP contribution in [0.4, 0.5) is 0 Å². The maximum atomic E-state index is 13.3. The van der Waals surface area contributed by atoms with Gasteiger partial charge in [0.1, 0.15) is 17.6 Å². The summed E-state index contributed by atoms with van der Waals surface area (Å²) in [7, 11) is 0. The summed E-state index contributed by atoms with van der Waals surface area (Å²) in [5.74, 6) is 0.926. The van der Waals surface area contributed by atoms with Crippen LogP contribution in [0.5, 0.6) is 5.75 Å². The van der Waals surface area contributed by atoms with E-state index in [1.165, 1.54) is 0 Å². The molecule has 2 bridgehead atoms. The molecule has 38 heavy (non-hydrogen) atoms. The molecule has 3 amide bonds. The quantitative estimate of drug-likeness (QED) is 0.635. The maximum absolute atomic E-state index is 13.3. The number of nitrogens with one attached hydrogen (secondary N) is 2. The van der Waals surface area contributed by atoms with E-state index in [1.54, 1.807) is 11.1 Å². The second-order valence-corrected chi connectivity index (χ2v) is 10.4. The standard InChI is InChI=1S/C28H39N5O5/c1-20(2)17-24-27(35)30-10-13-32-12-9-29-26(32)22-5-3-6-23(18-22)38-14-4-11-33(19-25(34)31-24)28(36)21-7-15-37-16-8-21/h3,5-6,9,12,18,20-21,24H,4,7-8,10-11,13-17,19H2,1-2H3,(H,30,35)(H,31,34)/t24-/m1/s1. The fourth-order valence-electron chi connectivity index (χ4n) is 4.93. The van der Waals surface area contributed by atoms with Gasteiger partial charge in [0.2, 0.25) is 17.7 Å². The molecule has 0 radical (unpaired) electrons. The average Bonchev–Trinajstić information content (AvgIpc) is 3.38. The van der Waals surface area contributed by atoms with Crippen molar-refractivity contribution in [3.63, 3.8) is 0 Å². The number of carbonyl (C=O) groups excluding carboxylic acids is 3. The van der Waals surface area contributed by atoms with Gasteiger partial charge >= 0.3 is 0 Å². The van der Waals surface area contributed by atoms with Crippen LogP contribution >= 0.6 is 0 Å². The largest absolute Gasteiger partial charge is 0.494 e. The minimum absolute atomic E-state index is 0.0449. The summed E-state index contributed by atoms with van der Waals surface area (Å²) in [5.41, 5.74) is 0.918. The van der Waals surface area contributed by atoms with Gasteiger partial charge in [0.05, 0.1) is 13.2 Å². The molecule has 2 N–H and O–H groups in total. The third-order valence-corrected chi connectivity index (χ3v) is 6.88. The molecular formula is C28H39N5O5. The summed E-state index contributed by atoms with van der Waals surface area (Å²) in [5, 5.41) is 5.85. The molecular weight excluding hydrogens is 486 g/mol. The maximum Gasteiger partial charge on any atom is 0.242 e. The van der Waals surface area contributed by atoms with Gasteiger partial charge in [-0.2, -0.15) is 0 Å². The number of ether oxygens (including phenoxy) is 2. The first-order chi connectivity index (χ1) is 18.4. The Morgan fingerprint density at radius 3 is 2.76 bits per heavy atom. The van der Waals surface area contributed by atoms with Gasteiger partial charge in [-0.1, -0.05) is 26.0 Å². The van der Waals surface area contributed by atoms with Crippen molar-refractivity contribution in [1.29, 1.82) is 0 Å². The highest BCUT2D eigenvalue weighted by Crippen LogP contribution is 2.23. The third kappa shape index (κ3) is 7.56. The molecule has 10 heteroatoms. The van der Waals surface area contributed by atoms with E-state index >= 15 is 0 Å². The van der Waals surface area contributed by atoms with E-state index in [2.05, 4.69) is 15.6 Å². The van der Waals surface area contributed by atoms with Crippen LogP contribution in [-0.2, 0) is 25.7 Å². The lowest BCUT2D eigenvalue weighted by atomic mass is 9.98. The van der Waals surface area contributed by atoms with Gasteiger partial charge in [0.25, 0.3) is 0 Å². The van der Waals surface area contributed by atoms with E-state index in [9.17, 15) is 14.4 Å². The van der Waals surface area contributed by atoms with Crippen molar-refractivity contribution >= 4 is 17.7 Å². The van der Waals surface area contributed by atoms with Crippen molar-refractivity contribution in [2.45, 2.75) is 52.1 Å². The van der Waals surface area contributed by atoms with Gasteiger partial charge in [-0.25, -0.2) is 4.98 Å². The molecule has 1 saturated heterocycles. The number of amides is 3. The summed E-state index contributed by atoms with van der Waals surface area (Å²) in [6.07, 6.45) is 5.98. The lowest BCUT2D eigenvalue weighted by Gasteiger charge is -2.30. The Bertz CT molecular complexity index is 1090. The van der Waals surface area contributed by atoms with Crippen molar-refractivity contribution in [2.24, 2.45) is 11.8 Å². The number of rotatable bonds is 3. The number of fused-ring (bicyclic) bond motifs is 4. The summed E-state index contributed by atoms with van der Waals surface area (Å²) < 4.78 is 13.4. The van der Waals surface area contributed by atoms with Crippen LogP contribution in [-0.4, -0.2) is 77.7 Å². The molecule has 2 aliphatic heterocycles. The zero-order valence-electron chi connectivity index (χ0n) is 22.4. The van der Waals surface area contributed by atoms with Crippen LogP contribution in [0.25, 0.3) is 11.4 Å². The topological polar surface area (TPSA) is 115 Å². The number of imidazole rings is 1. The van der Waals surface area contributed by atoms with E-state index < -0.39 is 6.04 Å². The molecule has 2 aromatic rings. The van der Waals surface area contributed by atoms with Crippen LogP contribution in [0.15, 0.2) is 36.7 Å². The Morgan fingerprint density at radius 1 is 1.16 bits per heavy atom. The minimum atomic E-state index is -0.677. The molecule has 0 spiro atoms. The molecule has 10 nitrogen and oxygen atoms in total. The molecule has 206 valence electrons. The number of hydrogen-bond acceptors (Lipinski definition) is 6. The van der Waals surface area contributed by atoms with Gasteiger partial charge in [0.15, 0.2) is 0 Å². The number of hydrogen-bond donors (Lipinski definition) is 2. The predicted octanol–water partition coefficient (Wildman–Crippen LogP) is 2.23. The summed E-state index contributed by atoms with van der Waals surface area (Å²) in [6, 6.07) is 7.06. The molecule has 0 aliphatic carbocycles. The Hall–Kier alpha value is -3.40. The third-order valence-electron chi connectivity index (χ3n) is 6.88. The minimum Gasteiger partial charge on any atom is -0.494 e. The zero-order valence-corrected chi connectivity index (χ0v) is 22.4. The smallest absolute Gasteiger partial charge is 0.242 e. The van der Waals surface area contributed by atoms with Crippen molar-refractivity contribution in [1.82, 2.24) is 25.1 Å². The summed E-state index contributed by atoms with van der Waals surface area (Å²) in [6.45, 7) is 6.72. The van der Waals surface area contributed by atoms with Crippen LogP contribution in [0, 0.1) is 11.8 Å². The molecule has 1 aromatic carbocycles. The van der Waals surface area contributed by atoms with Crippen molar-refractivity contribution in [3.8, 4) is 17.1 Å². The van der Waals surface area contributed by atoms with Gasteiger partial charge in [0, 0.05) is 56.7 Å². The monoisotopic (exact) mass is 525 g/mol. The number of nitrogens with zero attached hydrogens (tertiary/aromatic N) is 3. The first kappa shape index (κ1) is 27.6. The summed E-state index contributed by atoms with van der Waals surface area (Å²) >= 11 is 0. The van der Waals surface area contributed by atoms with Crippen molar-refractivity contribution in [2.75, 3.05) is 39.5 Å². The Labute approximate surface area is 224 Å². The van der Waals surface area contributed by atoms with Gasteiger partial charge in [-0.05, 0) is 43.7 Å². The molecule has 1 fully saturated rings. The average molecular weight is 526 g/mol. The highest BCUT2D eigenvalue weighted by Gasteiger charge is 2.29. The number of aromatic nitrogens is 2. The molecule has 4 rings (SSSR count). The van der Waals surface area contributed by atoms with Gasteiger partial charge in [-0.15, -0.1) is 0 Å². The highest BCUT2D eigenvalue weighted by molar-refractivity contribution is 5.90. The first-order valence-corrected chi connectivity index (χ1v) is 13.6. The lowest BCUT2D eigenvalue weighted by Crippen LogP contribution is -2.52. The van der Waals surface area contributed by atoms with Crippen molar-refractivity contribution < 1.29 is 23.9 Å². The van der Waals surface area contributed by atoms with Crippen LogP contribution in [0.3, 0.4) is 0 Å². The Morgan fingerprint density at radius 2 is 1.97 bits per heavy atom. The van der Waals surface area contributed by atoms with Gasteiger partial charge in [-0.3, -0.25) is 14.4 Å². The molecule has 2 aliphatic rings. The summed E-state index contributed by atoms with van der Waals surface area (Å²) in [4.78, 5) is 45.6. The normalized spacial score (nSPS) is 20.5. The molecule has 3 heterocycles. The number of benzene rings is 1. The molecule has 0 unspecified atom stereocenters. The zero-order chi connectivity index (χ0) is 26.9. The SMILES string of the molecule is CC(C)C[C@H]1NC(=O)CN(C(=O)C2CCOCC2)CCCOc2cccc(c2)-c2nccn2CCNC1=O. The second-order valence-electron chi connectivity index (χ2n) is 10.4. The van der Waals surface area contributed by atoms with Crippen LogP contribution in [0.1, 0.15) is 39.5 Å². The molecule has 1 atom stereocenters. The van der Waals surface area contributed by atoms with Gasteiger partial charge < -0.3 is 29.6 Å². The Balaban J connectivity index is 1.55. The highest BCUT2D eigenvalue weighted by atomic mass is 16.5. The van der Waals surface area contributed by atoms with E-state index in [-0.39, 0.29) is 36.1 Å². The van der Waals surface area contributed by atoms with Crippen LogP contribution < -0.4 is 15.4 Å². The van der Waals surface area contributed by atoms with Crippen molar-refractivity contribution in [3.05, 3.63) is 36.7 Å². The second kappa shape index (κ2) is 13.4. The fourth-order valence-corrected chi connectivity index (χ4v) is 4.93. The number of carbonyl (C=O) groups is 3. The van der Waals surface area contributed by atoms with E-state index in [0.717, 1.165) is 11.4 Å². The van der Waals surface area contributed by atoms with E-state index in [0.29, 0.717) is 70.9 Å². The van der Waals surface area contributed by atoms with Crippen LogP contribution in [0.2, 0.25) is 0 Å². The fraction of sp³-hybridized carbons (Fsp3) is 0.571. The van der Waals surface area contributed by atoms with E-state index in [1.807, 2.05) is 48.9 Å². The Kier molecular flexibility index (Phi) is 9.75. The first-order valence-electron chi connectivity index (χ1n) is 13.6.